The average Bonchev–Trinajstić information content (AvgIpc) is 3.08. The van der Waals surface area contributed by atoms with E-state index >= 15 is 0 Å². The lowest BCUT2D eigenvalue weighted by Gasteiger charge is -2.34. The Bertz CT molecular complexity index is 909. The van der Waals surface area contributed by atoms with Crippen LogP contribution in [0.25, 0.3) is 11.0 Å². The first-order chi connectivity index (χ1) is 12.0. The molecule has 25 heavy (non-hydrogen) atoms. The second-order valence-corrected chi connectivity index (χ2v) is 7.76. The van der Waals surface area contributed by atoms with Gasteiger partial charge in [-0.2, -0.15) is 0 Å². The zero-order chi connectivity index (χ0) is 17.6. The van der Waals surface area contributed by atoms with E-state index in [1.165, 1.54) is 27.6 Å². The van der Waals surface area contributed by atoms with Gasteiger partial charge in [-0.3, -0.25) is 0 Å². The summed E-state index contributed by atoms with van der Waals surface area (Å²) in [6, 6.07) is 15.6. The van der Waals surface area contributed by atoms with Gasteiger partial charge >= 0.3 is 0 Å². The van der Waals surface area contributed by atoms with E-state index in [1.54, 1.807) is 6.26 Å². The lowest BCUT2D eigenvalue weighted by molar-refractivity contribution is 0.294. The van der Waals surface area contributed by atoms with E-state index < -0.39 is 0 Å². The normalized spacial score (nSPS) is 18.5. The molecule has 3 nitrogen and oxygen atoms in total. The monoisotopic (exact) mass is 334 g/mol. The fourth-order valence-corrected chi connectivity index (χ4v) is 3.85. The second kappa shape index (κ2) is 6.01. The molecule has 4 rings (SSSR count). The van der Waals surface area contributed by atoms with Gasteiger partial charge < -0.3 is 14.6 Å². The van der Waals surface area contributed by atoms with Crippen molar-refractivity contribution in [1.82, 2.24) is 10.2 Å². The Labute approximate surface area is 149 Å². The van der Waals surface area contributed by atoms with E-state index in [0.29, 0.717) is 5.92 Å². The molecule has 0 saturated carbocycles. The standard InChI is InChI=1S/C22H26N2O/c1-22(2,23-3)18-7-8-19-17(11-18)13-24(4)14-20(19)16-6-5-15-9-10-25-21(15)12-16/h5-12,20,23H,13-14H2,1-4H3. The second-order valence-electron chi connectivity index (χ2n) is 7.76. The largest absolute Gasteiger partial charge is 0.464 e. The van der Waals surface area contributed by atoms with Crippen molar-refractivity contribution in [3.05, 3.63) is 71.0 Å². The van der Waals surface area contributed by atoms with E-state index in [2.05, 4.69) is 67.5 Å². The van der Waals surface area contributed by atoms with Crippen LogP contribution in [0.1, 0.15) is 42.0 Å². The molecule has 3 aromatic rings. The number of nitrogens with zero attached hydrogens (tertiary/aromatic N) is 1. The first-order valence-corrected chi connectivity index (χ1v) is 8.96. The Balaban J connectivity index is 1.78. The van der Waals surface area contributed by atoms with Gasteiger partial charge in [0.05, 0.1) is 6.26 Å². The summed E-state index contributed by atoms with van der Waals surface area (Å²) < 4.78 is 5.62. The lowest BCUT2D eigenvalue weighted by atomic mass is 9.82. The SMILES string of the molecule is CNC(C)(C)c1ccc2c(c1)CN(C)CC2c1ccc2ccoc2c1. The summed E-state index contributed by atoms with van der Waals surface area (Å²) in [6.07, 6.45) is 1.77. The third-order valence-electron chi connectivity index (χ3n) is 5.68. The van der Waals surface area contributed by atoms with Gasteiger partial charge in [0, 0.05) is 29.9 Å². The van der Waals surface area contributed by atoms with Crippen LogP contribution in [0, 0.1) is 0 Å². The Kier molecular flexibility index (Phi) is 3.94. The van der Waals surface area contributed by atoms with Crippen molar-refractivity contribution >= 4 is 11.0 Å². The van der Waals surface area contributed by atoms with Crippen molar-refractivity contribution in [2.45, 2.75) is 31.8 Å². The maximum atomic E-state index is 5.62. The molecular formula is C22H26N2O. The summed E-state index contributed by atoms with van der Waals surface area (Å²) in [6.45, 7) is 6.49. The summed E-state index contributed by atoms with van der Waals surface area (Å²) in [5.41, 5.74) is 6.49. The Morgan fingerprint density at radius 2 is 1.96 bits per heavy atom. The molecular weight excluding hydrogens is 308 g/mol. The van der Waals surface area contributed by atoms with Crippen LogP contribution in [0.4, 0.5) is 0 Å². The minimum atomic E-state index is -0.0202. The Morgan fingerprint density at radius 1 is 1.12 bits per heavy atom. The number of rotatable bonds is 3. The molecule has 0 saturated heterocycles. The van der Waals surface area contributed by atoms with Crippen molar-refractivity contribution < 1.29 is 4.42 Å². The van der Waals surface area contributed by atoms with Crippen molar-refractivity contribution in [2.24, 2.45) is 0 Å². The highest BCUT2D eigenvalue weighted by Gasteiger charge is 2.27. The minimum absolute atomic E-state index is 0.0202. The molecule has 0 radical (unpaired) electrons. The van der Waals surface area contributed by atoms with E-state index in [4.69, 9.17) is 4.42 Å². The van der Waals surface area contributed by atoms with Gasteiger partial charge in [-0.25, -0.2) is 0 Å². The van der Waals surface area contributed by atoms with Gasteiger partial charge in [0.2, 0.25) is 0 Å². The molecule has 1 aromatic heterocycles. The number of likely N-dealkylation sites (N-methyl/N-ethyl adjacent to an activating group) is 1. The topological polar surface area (TPSA) is 28.4 Å². The van der Waals surface area contributed by atoms with Crippen LogP contribution in [-0.2, 0) is 12.1 Å². The van der Waals surface area contributed by atoms with E-state index in [9.17, 15) is 0 Å². The quantitative estimate of drug-likeness (QED) is 0.766. The van der Waals surface area contributed by atoms with Crippen molar-refractivity contribution in [3.8, 4) is 0 Å². The summed E-state index contributed by atoms with van der Waals surface area (Å²) in [5.74, 6) is 0.384. The zero-order valence-electron chi connectivity index (χ0n) is 15.5. The third-order valence-corrected chi connectivity index (χ3v) is 5.68. The Hall–Kier alpha value is -2.10. The van der Waals surface area contributed by atoms with Gasteiger partial charge in [0.25, 0.3) is 0 Å². The molecule has 130 valence electrons. The third kappa shape index (κ3) is 2.88. The van der Waals surface area contributed by atoms with E-state index in [1.807, 2.05) is 13.1 Å². The van der Waals surface area contributed by atoms with Crippen LogP contribution in [0.15, 0.2) is 53.1 Å². The Morgan fingerprint density at radius 3 is 2.76 bits per heavy atom. The maximum Gasteiger partial charge on any atom is 0.134 e. The van der Waals surface area contributed by atoms with Gasteiger partial charge in [-0.05, 0) is 62.3 Å². The molecule has 0 amide bonds. The van der Waals surface area contributed by atoms with Gasteiger partial charge in [0.1, 0.15) is 5.58 Å². The first-order valence-electron chi connectivity index (χ1n) is 8.96. The molecule has 1 aliphatic heterocycles. The van der Waals surface area contributed by atoms with Gasteiger partial charge in [-0.1, -0.05) is 30.3 Å². The fourth-order valence-electron chi connectivity index (χ4n) is 3.85. The molecule has 2 heterocycles. The number of benzene rings is 2. The van der Waals surface area contributed by atoms with Crippen LogP contribution in [0.3, 0.4) is 0 Å². The van der Waals surface area contributed by atoms with Crippen LogP contribution < -0.4 is 5.32 Å². The highest BCUT2D eigenvalue weighted by atomic mass is 16.3. The molecule has 1 N–H and O–H groups in total. The smallest absolute Gasteiger partial charge is 0.134 e. The molecule has 1 unspecified atom stereocenters. The van der Waals surface area contributed by atoms with Crippen LogP contribution in [0.5, 0.6) is 0 Å². The molecule has 1 aliphatic rings. The van der Waals surface area contributed by atoms with E-state index in [0.717, 1.165) is 18.7 Å². The van der Waals surface area contributed by atoms with E-state index in [-0.39, 0.29) is 5.54 Å². The number of hydrogen-bond acceptors (Lipinski definition) is 3. The molecule has 0 aliphatic carbocycles. The summed E-state index contributed by atoms with van der Waals surface area (Å²) in [5, 5.41) is 4.58. The molecule has 0 fully saturated rings. The summed E-state index contributed by atoms with van der Waals surface area (Å²) in [4.78, 5) is 2.41. The van der Waals surface area contributed by atoms with Crippen molar-refractivity contribution in [3.63, 3.8) is 0 Å². The van der Waals surface area contributed by atoms with Gasteiger partial charge in [0.15, 0.2) is 0 Å². The average molecular weight is 334 g/mol. The van der Waals surface area contributed by atoms with Gasteiger partial charge in [-0.15, -0.1) is 0 Å². The van der Waals surface area contributed by atoms with Crippen LogP contribution in [-0.4, -0.2) is 25.5 Å². The maximum absolute atomic E-state index is 5.62. The summed E-state index contributed by atoms with van der Waals surface area (Å²) in [7, 11) is 4.23. The fraction of sp³-hybridized carbons (Fsp3) is 0.364. The van der Waals surface area contributed by atoms with Crippen LogP contribution in [0.2, 0.25) is 0 Å². The highest BCUT2D eigenvalue weighted by Crippen LogP contribution is 2.36. The highest BCUT2D eigenvalue weighted by molar-refractivity contribution is 5.78. The molecule has 2 aromatic carbocycles. The molecule has 3 heteroatoms. The lowest BCUT2D eigenvalue weighted by Crippen LogP contribution is -2.35. The van der Waals surface area contributed by atoms with Crippen molar-refractivity contribution in [2.75, 3.05) is 20.6 Å². The van der Waals surface area contributed by atoms with Crippen molar-refractivity contribution in [1.29, 1.82) is 0 Å². The summed E-state index contributed by atoms with van der Waals surface area (Å²) >= 11 is 0. The predicted molar refractivity (Wildman–Crippen MR) is 103 cm³/mol. The molecule has 1 atom stereocenters. The minimum Gasteiger partial charge on any atom is -0.464 e. The number of hydrogen-bond donors (Lipinski definition) is 1. The number of furan rings is 1. The first kappa shape index (κ1) is 16.4. The zero-order valence-corrected chi connectivity index (χ0v) is 15.5. The molecule has 0 spiro atoms. The molecule has 0 bridgehead atoms. The van der Waals surface area contributed by atoms with Crippen LogP contribution >= 0.6 is 0 Å². The number of nitrogens with one attached hydrogen (secondary N) is 1. The number of fused-ring (bicyclic) bond motifs is 2. The predicted octanol–water partition coefficient (Wildman–Crippen LogP) is 4.46.